The highest BCUT2D eigenvalue weighted by Gasteiger charge is 2.14. The molecule has 3 aromatic rings. The van der Waals surface area contributed by atoms with E-state index in [9.17, 15) is 0 Å². The van der Waals surface area contributed by atoms with Crippen molar-refractivity contribution in [2.45, 2.75) is 17.8 Å². The molecule has 4 nitrogen and oxygen atoms in total. The number of nitrogen functional groups attached to an aromatic ring is 1. The van der Waals surface area contributed by atoms with Gasteiger partial charge in [-0.1, -0.05) is 64.8 Å². The van der Waals surface area contributed by atoms with Crippen LogP contribution in [0.2, 0.25) is 10.0 Å². The highest BCUT2D eigenvalue weighted by molar-refractivity contribution is 7.98. The highest BCUT2D eigenvalue weighted by atomic mass is 35.5. The lowest BCUT2D eigenvalue weighted by molar-refractivity contribution is 0.849. The van der Waals surface area contributed by atoms with Crippen molar-refractivity contribution < 1.29 is 0 Å². The number of aromatic nitrogens is 3. The first kappa shape index (κ1) is 16.2. The first-order chi connectivity index (χ1) is 11.1. The molecule has 0 fully saturated rings. The second kappa shape index (κ2) is 6.83. The van der Waals surface area contributed by atoms with Gasteiger partial charge < -0.3 is 5.84 Å². The Labute approximate surface area is 148 Å². The molecule has 3 rings (SSSR count). The summed E-state index contributed by atoms with van der Waals surface area (Å²) in [5.41, 5.74) is 2.94. The minimum Gasteiger partial charge on any atom is -0.335 e. The summed E-state index contributed by atoms with van der Waals surface area (Å²) in [5, 5.41) is 10.2. The van der Waals surface area contributed by atoms with Gasteiger partial charge in [0, 0.05) is 21.4 Å². The number of halogens is 2. The maximum absolute atomic E-state index is 6.18. The molecule has 2 aromatic carbocycles. The average Bonchev–Trinajstić information content (AvgIpc) is 2.88. The third-order valence-electron chi connectivity index (χ3n) is 3.35. The zero-order chi connectivity index (χ0) is 16.4. The fourth-order valence-electron chi connectivity index (χ4n) is 2.16. The zero-order valence-electron chi connectivity index (χ0n) is 12.3. The summed E-state index contributed by atoms with van der Waals surface area (Å²) in [6.07, 6.45) is 0. The number of thioether (sulfide) groups is 1. The van der Waals surface area contributed by atoms with Crippen LogP contribution in [0.3, 0.4) is 0 Å². The smallest absolute Gasteiger partial charge is 0.210 e. The molecular formula is C16H14Cl2N4S. The molecule has 7 heteroatoms. The fraction of sp³-hybridized carbons (Fsp3) is 0.125. The Morgan fingerprint density at radius 2 is 1.78 bits per heavy atom. The summed E-state index contributed by atoms with van der Waals surface area (Å²) in [5.74, 6) is 7.33. The number of rotatable bonds is 4. The molecule has 118 valence electrons. The van der Waals surface area contributed by atoms with Crippen LogP contribution in [0.1, 0.15) is 11.1 Å². The Bertz CT molecular complexity index is 828. The summed E-state index contributed by atoms with van der Waals surface area (Å²) in [7, 11) is 0. The number of nitrogens with zero attached hydrogens (tertiary/aromatic N) is 3. The second-order valence-electron chi connectivity index (χ2n) is 5.03. The van der Waals surface area contributed by atoms with Crippen LogP contribution in [0.25, 0.3) is 11.4 Å². The van der Waals surface area contributed by atoms with Gasteiger partial charge in [0.2, 0.25) is 5.16 Å². The van der Waals surface area contributed by atoms with Gasteiger partial charge in [0.1, 0.15) is 0 Å². The Balaban J connectivity index is 1.83. The summed E-state index contributed by atoms with van der Waals surface area (Å²) in [4.78, 5) is 0. The monoisotopic (exact) mass is 364 g/mol. The first-order valence-corrected chi connectivity index (χ1v) is 8.63. The SMILES string of the molecule is Cc1cccc(-c2nnc(SCc3c(Cl)cccc3Cl)n2N)c1. The van der Waals surface area contributed by atoms with Crippen LogP contribution in [0.15, 0.2) is 47.6 Å². The molecular weight excluding hydrogens is 351 g/mol. The lowest BCUT2D eigenvalue weighted by Gasteiger charge is -2.07. The Morgan fingerprint density at radius 3 is 2.48 bits per heavy atom. The third kappa shape index (κ3) is 3.47. The molecule has 0 spiro atoms. The molecule has 0 atom stereocenters. The van der Waals surface area contributed by atoms with Crippen LogP contribution in [-0.2, 0) is 5.75 Å². The minimum absolute atomic E-state index is 0.571. The average molecular weight is 365 g/mol. The quantitative estimate of drug-likeness (QED) is 0.544. The van der Waals surface area contributed by atoms with Crippen LogP contribution >= 0.6 is 35.0 Å². The number of aryl methyl sites for hydroxylation is 1. The fourth-order valence-corrected chi connectivity index (χ4v) is 3.76. The molecule has 0 unspecified atom stereocenters. The second-order valence-corrected chi connectivity index (χ2v) is 6.79. The summed E-state index contributed by atoms with van der Waals surface area (Å²) in [6, 6.07) is 13.4. The van der Waals surface area contributed by atoms with Crippen molar-refractivity contribution in [2.75, 3.05) is 5.84 Å². The lowest BCUT2D eigenvalue weighted by Crippen LogP contribution is -2.11. The van der Waals surface area contributed by atoms with E-state index in [2.05, 4.69) is 10.2 Å². The maximum atomic E-state index is 6.18. The number of nitrogens with two attached hydrogens (primary N) is 1. The molecule has 0 radical (unpaired) electrons. The summed E-state index contributed by atoms with van der Waals surface area (Å²) >= 11 is 13.8. The van der Waals surface area contributed by atoms with Gasteiger partial charge in [0.05, 0.1) is 0 Å². The molecule has 0 amide bonds. The van der Waals surface area contributed by atoms with Crippen molar-refractivity contribution in [3.63, 3.8) is 0 Å². The van der Waals surface area contributed by atoms with Gasteiger partial charge in [0.15, 0.2) is 5.82 Å². The Morgan fingerprint density at radius 1 is 1.09 bits per heavy atom. The predicted octanol–water partition coefficient (Wildman–Crippen LogP) is 4.57. The van der Waals surface area contributed by atoms with E-state index in [0.29, 0.717) is 26.8 Å². The van der Waals surface area contributed by atoms with E-state index in [-0.39, 0.29) is 0 Å². The molecule has 0 aliphatic heterocycles. The van der Waals surface area contributed by atoms with E-state index in [1.165, 1.54) is 16.4 Å². The van der Waals surface area contributed by atoms with E-state index in [0.717, 1.165) is 16.7 Å². The van der Waals surface area contributed by atoms with Crippen LogP contribution in [0, 0.1) is 6.92 Å². The van der Waals surface area contributed by atoms with Gasteiger partial charge in [-0.25, -0.2) is 4.68 Å². The summed E-state index contributed by atoms with van der Waals surface area (Å²) in [6.45, 7) is 2.02. The summed E-state index contributed by atoms with van der Waals surface area (Å²) < 4.78 is 1.49. The van der Waals surface area contributed by atoms with Crippen molar-refractivity contribution in [2.24, 2.45) is 0 Å². The predicted molar refractivity (Wildman–Crippen MR) is 96.4 cm³/mol. The normalized spacial score (nSPS) is 10.9. The van der Waals surface area contributed by atoms with Crippen molar-refractivity contribution >= 4 is 35.0 Å². The van der Waals surface area contributed by atoms with Gasteiger partial charge in [-0.3, -0.25) is 0 Å². The van der Waals surface area contributed by atoms with Crippen molar-refractivity contribution in [1.82, 2.24) is 14.9 Å². The van der Waals surface area contributed by atoms with E-state index < -0.39 is 0 Å². The topological polar surface area (TPSA) is 56.7 Å². The number of benzene rings is 2. The minimum atomic E-state index is 0.571. The van der Waals surface area contributed by atoms with Crippen molar-refractivity contribution in [3.05, 3.63) is 63.6 Å². The van der Waals surface area contributed by atoms with Crippen LogP contribution in [-0.4, -0.2) is 14.9 Å². The Hall–Kier alpha value is -1.69. The molecule has 0 aliphatic carbocycles. The van der Waals surface area contributed by atoms with Crippen molar-refractivity contribution in [1.29, 1.82) is 0 Å². The van der Waals surface area contributed by atoms with E-state index in [4.69, 9.17) is 29.0 Å². The van der Waals surface area contributed by atoms with E-state index >= 15 is 0 Å². The van der Waals surface area contributed by atoms with Gasteiger partial charge in [0.25, 0.3) is 0 Å². The Kier molecular flexibility index (Phi) is 4.80. The molecule has 0 saturated carbocycles. The zero-order valence-corrected chi connectivity index (χ0v) is 14.7. The van der Waals surface area contributed by atoms with Gasteiger partial charge >= 0.3 is 0 Å². The molecule has 0 bridgehead atoms. The van der Waals surface area contributed by atoms with Crippen LogP contribution in [0.5, 0.6) is 0 Å². The maximum Gasteiger partial charge on any atom is 0.210 e. The molecule has 2 N–H and O–H groups in total. The van der Waals surface area contributed by atoms with E-state index in [1.54, 1.807) is 0 Å². The first-order valence-electron chi connectivity index (χ1n) is 6.89. The van der Waals surface area contributed by atoms with Crippen LogP contribution in [0.4, 0.5) is 0 Å². The van der Waals surface area contributed by atoms with Crippen LogP contribution < -0.4 is 5.84 Å². The molecule has 0 saturated heterocycles. The molecule has 0 aliphatic rings. The van der Waals surface area contributed by atoms with Gasteiger partial charge in [-0.15, -0.1) is 10.2 Å². The van der Waals surface area contributed by atoms with E-state index in [1.807, 2.05) is 49.4 Å². The molecule has 1 aromatic heterocycles. The molecule has 1 heterocycles. The highest BCUT2D eigenvalue weighted by Crippen LogP contribution is 2.31. The standard InChI is InChI=1S/C16H14Cl2N4S/c1-10-4-2-5-11(8-10)15-20-21-16(22(15)19)23-9-12-13(17)6-3-7-14(12)18/h2-8H,9,19H2,1H3. The largest absolute Gasteiger partial charge is 0.335 e. The van der Waals surface area contributed by atoms with Gasteiger partial charge in [-0.2, -0.15) is 0 Å². The third-order valence-corrected chi connectivity index (χ3v) is 5.03. The number of hydrogen-bond acceptors (Lipinski definition) is 4. The number of hydrogen-bond donors (Lipinski definition) is 1. The lowest BCUT2D eigenvalue weighted by atomic mass is 10.1. The van der Waals surface area contributed by atoms with Gasteiger partial charge in [-0.05, 0) is 30.7 Å². The molecule has 23 heavy (non-hydrogen) atoms. The van der Waals surface area contributed by atoms with Crippen molar-refractivity contribution in [3.8, 4) is 11.4 Å².